The van der Waals surface area contributed by atoms with Crippen LogP contribution in [0.25, 0.3) is 0 Å². The third kappa shape index (κ3) is 2.76. The summed E-state index contributed by atoms with van der Waals surface area (Å²) < 4.78 is 10.9. The van der Waals surface area contributed by atoms with E-state index in [4.69, 9.17) is 9.47 Å². The number of carbonyl (C=O) groups is 1. The summed E-state index contributed by atoms with van der Waals surface area (Å²) in [5, 5.41) is 12.4. The van der Waals surface area contributed by atoms with Crippen molar-refractivity contribution >= 4 is 11.8 Å². The zero-order valence-corrected chi connectivity index (χ0v) is 11.2. The van der Waals surface area contributed by atoms with E-state index in [1.165, 1.54) is 0 Å². The molecule has 6 nitrogen and oxygen atoms in total. The molecule has 3 rings (SSSR count). The molecule has 0 radical (unpaired) electrons. The first kappa shape index (κ1) is 13.3. The van der Waals surface area contributed by atoms with Crippen LogP contribution in [0.3, 0.4) is 0 Å². The number of ether oxygens (including phenoxy) is 2. The van der Waals surface area contributed by atoms with Gasteiger partial charge in [-0.25, -0.2) is 9.78 Å². The lowest BCUT2D eigenvalue weighted by Crippen LogP contribution is -2.34. The summed E-state index contributed by atoms with van der Waals surface area (Å²) in [5.74, 6) is -0.511. The first-order chi connectivity index (χ1) is 9.74. The van der Waals surface area contributed by atoms with Crippen LogP contribution >= 0.6 is 0 Å². The molecule has 1 aromatic heterocycles. The molecule has 20 heavy (non-hydrogen) atoms. The van der Waals surface area contributed by atoms with Crippen molar-refractivity contribution in [2.45, 2.75) is 25.4 Å². The van der Waals surface area contributed by atoms with Gasteiger partial charge in [0.1, 0.15) is 11.4 Å². The number of aryl methyl sites for hydroxylation is 2. The van der Waals surface area contributed by atoms with Crippen molar-refractivity contribution in [3.05, 3.63) is 22.9 Å². The molecule has 0 spiro atoms. The first-order valence-corrected chi connectivity index (χ1v) is 6.93. The van der Waals surface area contributed by atoms with Gasteiger partial charge in [-0.15, -0.1) is 0 Å². The van der Waals surface area contributed by atoms with Crippen LogP contribution < -0.4 is 5.32 Å². The maximum Gasteiger partial charge on any atom is 0.339 e. The molecule has 0 amide bonds. The van der Waals surface area contributed by atoms with E-state index in [1.54, 1.807) is 6.07 Å². The molecule has 1 atom stereocenters. The molecule has 6 heteroatoms. The van der Waals surface area contributed by atoms with Gasteiger partial charge >= 0.3 is 5.97 Å². The van der Waals surface area contributed by atoms with Crippen molar-refractivity contribution in [1.29, 1.82) is 0 Å². The molecule has 108 valence electrons. The average molecular weight is 278 g/mol. The number of aromatic carboxylic acids is 1. The fourth-order valence-electron chi connectivity index (χ4n) is 2.63. The third-order valence-electron chi connectivity index (χ3n) is 3.66. The molecule has 2 N–H and O–H groups in total. The molecule has 1 aromatic rings. The Hall–Kier alpha value is -1.66. The highest BCUT2D eigenvalue weighted by molar-refractivity contribution is 5.93. The lowest BCUT2D eigenvalue weighted by Gasteiger charge is -2.23. The summed E-state index contributed by atoms with van der Waals surface area (Å²) in [7, 11) is 0. The second kappa shape index (κ2) is 5.76. The van der Waals surface area contributed by atoms with Gasteiger partial charge in [0.25, 0.3) is 0 Å². The Kier molecular flexibility index (Phi) is 3.84. The molecule has 1 aliphatic carbocycles. The number of hydrogen-bond acceptors (Lipinski definition) is 5. The number of rotatable bonds is 4. The second-order valence-electron chi connectivity index (χ2n) is 5.10. The predicted octanol–water partition coefficient (Wildman–Crippen LogP) is 1.10. The van der Waals surface area contributed by atoms with Crippen molar-refractivity contribution in [2.24, 2.45) is 0 Å². The summed E-state index contributed by atoms with van der Waals surface area (Å²) >= 11 is 0. The van der Waals surface area contributed by atoms with E-state index in [-0.39, 0.29) is 11.7 Å². The number of nitrogens with zero attached hydrogens (tertiary/aromatic N) is 1. The van der Waals surface area contributed by atoms with E-state index in [1.807, 2.05) is 0 Å². The highest BCUT2D eigenvalue weighted by atomic mass is 16.6. The molecular formula is C14H18N2O4. The molecule has 1 unspecified atom stereocenters. The number of carboxylic acid groups (broad SMARTS) is 1. The summed E-state index contributed by atoms with van der Waals surface area (Å²) in [6.07, 6.45) is 2.83. The van der Waals surface area contributed by atoms with Crippen molar-refractivity contribution < 1.29 is 19.4 Å². The highest BCUT2D eigenvalue weighted by Gasteiger charge is 2.21. The fraction of sp³-hybridized carbons (Fsp3) is 0.571. The lowest BCUT2D eigenvalue weighted by molar-refractivity contribution is -0.0819. The Bertz CT molecular complexity index is 512. The Labute approximate surface area is 117 Å². The molecule has 1 aliphatic heterocycles. The van der Waals surface area contributed by atoms with Gasteiger partial charge in [0.05, 0.1) is 25.9 Å². The largest absolute Gasteiger partial charge is 0.478 e. The predicted molar refractivity (Wildman–Crippen MR) is 72.3 cm³/mol. The summed E-state index contributed by atoms with van der Waals surface area (Å²) in [6.45, 7) is 2.23. The van der Waals surface area contributed by atoms with E-state index >= 15 is 0 Å². The molecule has 1 saturated heterocycles. The van der Waals surface area contributed by atoms with Crippen LogP contribution in [0.4, 0.5) is 5.82 Å². The van der Waals surface area contributed by atoms with Gasteiger partial charge in [-0.05, 0) is 30.9 Å². The van der Waals surface area contributed by atoms with Gasteiger partial charge in [-0.2, -0.15) is 0 Å². The third-order valence-corrected chi connectivity index (χ3v) is 3.66. The Morgan fingerprint density at radius 1 is 1.45 bits per heavy atom. The second-order valence-corrected chi connectivity index (χ2v) is 5.10. The quantitative estimate of drug-likeness (QED) is 0.858. The maximum absolute atomic E-state index is 11.3. The van der Waals surface area contributed by atoms with E-state index in [9.17, 15) is 9.90 Å². The molecule has 2 heterocycles. The van der Waals surface area contributed by atoms with Crippen LogP contribution in [0, 0.1) is 0 Å². The zero-order chi connectivity index (χ0) is 13.9. The van der Waals surface area contributed by atoms with E-state index in [2.05, 4.69) is 10.3 Å². The summed E-state index contributed by atoms with van der Waals surface area (Å²) in [4.78, 5) is 15.8. The van der Waals surface area contributed by atoms with Gasteiger partial charge < -0.3 is 19.9 Å². The smallest absolute Gasteiger partial charge is 0.339 e. The van der Waals surface area contributed by atoms with Crippen LogP contribution in [0.5, 0.6) is 0 Å². The van der Waals surface area contributed by atoms with Crippen molar-refractivity contribution in [2.75, 3.05) is 31.7 Å². The topological polar surface area (TPSA) is 80.7 Å². The number of nitrogens with one attached hydrogen (secondary N) is 1. The zero-order valence-electron chi connectivity index (χ0n) is 11.2. The monoisotopic (exact) mass is 278 g/mol. The Balaban J connectivity index is 1.75. The number of anilines is 1. The number of hydrogen-bond donors (Lipinski definition) is 2. The van der Waals surface area contributed by atoms with Crippen molar-refractivity contribution in [3.63, 3.8) is 0 Å². The van der Waals surface area contributed by atoms with Gasteiger partial charge in [0.2, 0.25) is 0 Å². The van der Waals surface area contributed by atoms with E-state index in [0.29, 0.717) is 32.2 Å². The molecule has 0 bridgehead atoms. The number of aromatic nitrogens is 1. The molecule has 0 saturated carbocycles. The number of fused-ring (bicyclic) bond motifs is 1. The highest BCUT2D eigenvalue weighted by Crippen LogP contribution is 2.25. The van der Waals surface area contributed by atoms with Gasteiger partial charge in [-0.1, -0.05) is 0 Å². The minimum absolute atomic E-state index is 0.0551. The van der Waals surface area contributed by atoms with E-state index < -0.39 is 5.97 Å². The maximum atomic E-state index is 11.3. The van der Waals surface area contributed by atoms with Crippen LogP contribution in [0.2, 0.25) is 0 Å². The fourth-order valence-corrected chi connectivity index (χ4v) is 2.63. The van der Waals surface area contributed by atoms with Gasteiger partial charge in [-0.3, -0.25) is 0 Å². The van der Waals surface area contributed by atoms with Crippen molar-refractivity contribution in [3.8, 4) is 0 Å². The van der Waals surface area contributed by atoms with Gasteiger partial charge in [0, 0.05) is 12.2 Å². The van der Waals surface area contributed by atoms with E-state index in [0.717, 1.165) is 30.5 Å². The SMILES string of the molecule is O=C(O)c1cc2c(nc1NCC1COCCO1)CCC2. The minimum Gasteiger partial charge on any atom is -0.478 e. The Morgan fingerprint density at radius 2 is 2.35 bits per heavy atom. The molecule has 1 fully saturated rings. The van der Waals surface area contributed by atoms with Crippen LogP contribution in [-0.4, -0.2) is 48.5 Å². The van der Waals surface area contributed by atoms with Crippen LogP contribution in [0.1, 0.15) is 28.0 Å². The molecule has 2 aliphatic rings. The average Bonchev–Trinajstić information content (AvgIpc) is 2.92. The minimum atomic E-state index is -0.949. The van der Waals surface area contributed by atoms with Crippen LogP contribution in [-0.2, 0) is 22.3 Å². The number of carboxylic acids is 1. The summed E-state index contributed by atoms with van der Waals surface area (Å²) in [5.41, 5.74) is 2.31. The van der Waals surface area contributed by atoms with Crippen molar-refractivity contribution in [1.82, 2.24) is 4.98 Å². The first-order valence-electron chi connectivity index (χ1n) is 6.93. The molecule has 0 aromatic carbocycles. The normalized spacial score (nSPS) is 21.5. The molecular weight excluding hydrogens is 260 g/mol. The van der Waals surface area contributed by atoms with Gasteiger partial charge in [0.15, 0.2) is 0 Å². The standard InChI is InChI=1S/C14H18N2O4/c17-14(18)11-6-9-2-1-3-12(9)16-13(11)15-7-10-8-19-4-5-20-10/h6,10H,1-5,7-8H2,(H,15,16)(H,17,18). The van der Waals surface area contributed by atoms with Crippen LogP contribution in [0.15, 0.2) is 6.07 Å². The number of pyridine rings is 1. The Morgan fingerprint density at radius 3 is 3.10 bits per heavy atom. The summed E-state index contributed by atoms with van der Waals surface area (Å²) in [6, 6.07) is 1.75. The lowest BCUT2D eigenvalue weighted by atomic mass is 10.1.